The molecule has 1 fully saturated rings. The number of hydrogen-bond acceptors (Lipinski definition) is 5. The summed E-state index contributed by atoms with van der Waals surface area (Å²) in [4.78, 5) is 31.5. The summed E-state index contributed by atoms with van der Waals surface area (Å²) < 4.78 is 38.1. The first kappa shape index (κ1) is 19.6. The molecule has 1 unspecified atom stereocenters. The topological polar surface area (TPSA) is 62.3 Å². The molecule has 3 aromatic rings. The Bertz CT molecular complexity index is 1060. The number of imide groups is 1. The number of urea groups is 1. The molecule has 0 bridgehead atoms. The summed E-state index contributed by atoms with van der Waals surface area (Å²) >= 11 is 2.62. The molecule has 150 valence electrons. The van der Waals surface area contributed by atoms with Gasteiger partial charge in [-0.05, 0) is 30.5 Å². The van der Waals surface area contributed by atoms with Crippen molar-refractivity contribution >= 4 is 34.6 Å². The summed E-state index contributed by atoms with van der Waals surface area (Å²) in [5, 5.41) is 6.77. The number of carbonyl (C=O) groups excluding carboxylic acids is 2. The number of thiophene rings is 1. The number of amides is 3. The van der Waals surface area contributed by atoms with Crippen LogP contribution in [0.3, 0.4) is 0 Å². The van der Waals surface area contributed by atoms with Gasteiger partial charge in [0, 0.05) is 15.8 Å². The Labute approximate surface area is 171 Å². The highest BCUT2D eigenvalue weighted by molar-refractivity contribution is 7.13. The molecule has 0 radical (unpaired) electrons. The van der Waals surface area contributed by atoms with Crippen LogP contribution in [0.15, 0.2) is 47.2 Å². The Morgan fingerprint density at radius 1 is 1.14 bits per heavy atom. The van der Waals surface area contributed by atoms with Gasteiger partial charge >= 0.3 is 12.2 Å². The third-order valence-corrected chi connectivity index (χ3v) is 6.65. The predicted molar refractivity (Wildman–Crippen MR) is 103 cm³/mol. The van der Waals surface area contributed by atoms with E-state index in [4.69, 9.17) is 0 Å². The molecule has 1 atom stereocenters. The van der Waals surface area contributed by atoms with Crippen LogP contribution in [0.4, 0.5) is 18.0 Å². The number of thiazole rings is 1. The van der Waals surface area contributed by atoms with Crippen molar-refractivity contribution in [2.75, 3.05) is 0 Å². The van der Waals surface area contributed by atoms with Crippen molar-refractivity contribution < 1.29 is 22.8 Å². The minimum Gasteiger partial charge on any atom is -0.319 e. The Morgan fingerprint density at radius 3 is 2.48 bits per heavy atom. The van der Waals surface area contributed by atoms with Gasteiger partial charge in [0.1, 0.15) is 5.01 Å². The second-order valence-corrected chi connectivity index (χ2v) is 8.45. The van der Waals surface area contributed by atoms with Crippen molar-refractivity contribution in [1.82, 2.24) is 15.2 Å². The molecule has 1 saturated heterocycles. The predicted octanol–water partition coefficient (Wildman–Crippen LogP) is 4.86. The number of alkyl halides is 3. The molecule has 0 aliphatic carbocycles. The van der Waals surface area contributed by atoms with E-state index in [1.165, 1.54) is 34.8 Å². The van der Waals surface area contributed by atoms with Crippen LogP contribution in [0.2, 0.25) is 0 Å². The first-order valence-corrected chi connectivity index (χ1v) is 10.2. The van der Waals surface area contributed by atoms with E-state index in [-0.39, 0.29) is 12.5 Å². The zero-order valence-electron chi connectivity index (χ0n) is 15.0. The standard InChI is InChI=1S/C19H14F3N3O2S2/c1-18(14-3-2-8-28-14)16(26)25(17(27)24-18)9-13-10-29-15(23-13)11-4-6-12(7-5-11)19(20,21)22/h2-8,10H,9H2,1H3,(H,24,27). The fraction of sp³-hybridized carbons (Fsp3) is 0.211. The summed E-state index contributed by atoms with van der Waals surface area (Å²) in [6.45, 7) is 1.65. The van der Waals surface area contributed by atoms with Crippen molar-refractivity contribution in [3.05, 3.63) is 63.3 Å². The fourth-order valence-corrected chi connectivity index (χ4v) is 4.70. The molecular formula is C19H14F3N3O2S2. The summed E-state index contributed by atoms with van der Waals surface area (Å²) in [7, 11) is 0. The van der Waals surface area contributed by atoms with Crippen LogP contribution in [0.25, 0.3) is 10.6 Å². The van der Waals surface area contributed by atoms with Crippen molar-refractivity contribution in [1.29, 1.82) is 0 Å². The van der Waals surface area contributed by atoms with Gasteiger partial charge in [-0.1, -0.05) is 18.2 Å². The molecule has 3 heterocycles. The van der Waals surface area contributed by atoms with Gasteiger partial charge in [-0.3, -0.25) is 9.69 Å². The lowest BCUT2D eigenvalue weighted by molar-refractivity contribution is -0.137. The van der Waals surface area contributed by atoms with E-state index < -0.39 is 23.3 Å². The average molecular weight is 437 g/mol. The Morgan fingerprint density at radius 2 is 1.86 bits per heavy atom. The van der Waals surface area contributed by atoms with Crippen LogP contribution >= 0.6 is 22.7 Å². The van der Waals surface area contributed by atoms with Crippen LogP contribution < -0.4 is 5.32 Å². The highest BCUT2D eigenvalue weighted by Gasteiger charge is 2.49. The van der Waals surface area contributed by atoms with Crippen LogP contribution in [0, 0.1) is 0 Å². The summed E-state index contributed by atoms with van der Waals surface area (Å²) in [5.41, 5.74) is -0.818. The van der Waals surface area contributed by atoms with E-state index in [1.807, 2.05) is 11.4 Å². The zero-order chi connectivity index (χ0) is 20.8. The second kappa shape index (κ2) is 6.96. The largest absolute Gasteiger partial charge is 0.416 e. The fourth-order valence-electron chi connectivity index (χ4n) is 3.05. The molecule has 1 aliphatic heterocycles. The quantitative estimate of drug-likeness (QED) is 0.593. The second-order valence-electron chi connectivity index (χ2n) is 6.64. The summed E-state index contributed by atoms with van der Waals surface area (Å²) in [5.74, 6) is -0.367. The molecule has 1 aromatic carbocycles. The van der Waals surface area contributed by atoms with E-state index in [0.717, 1.165) is 21.9 Å². The van der Waals surface area contributed by atoms with Crippen molar-refractivity contribution in [3.8, 4) is 10.6 Å². The number of carbonyl (C=O) groups is 2. The van der Waals surface area contributed by atoms with Crippen molar-refractivity contribution in [2.45, 2.75) is 25.2 Å². The normalized spacial score (nSPS) is 19.7. The van der Waals surface area contributed by atoms with E-state index in [2.05, 4.69) is 10.3 Å². The summed E-state index contributed by atoms with van der Waals surface area (Å²) in [6.07, 6.45) is -4.40. The summed E-state index contributed by atoms with van der Waals surface area (Å²) in [6, 6.07) is 7.80. The third kappa shape index (κ3) is 3.53. The molecule has 5 nitrogen and oxygen atoms in total. The number of nitrogens with one attached hydrogen (secondary N) is 1. The molecule has 2 aromatic heterocycles. The van der Waals surface area contributed by atoms with Gasteiger partial charge < -0.3 is 5.32 Å². The minimum absolute atomic E-state index is 0.0111. The van der Waals surface area contributed by atoms with Crippen LogP contribution in [-0.2, 0) is 23.1 Å². The number of aromatic nitrogens is 1. The lowest BCUT2D eigenvalue weighted by Gasteiger charge is -2.19. The Hall–Kier alpha value is -2.72. The van der Waals surface area contributed by atoms with Crippen LogP contribution in [0.5, 0.6) is 0 Å². The maximum absolute atomic E-state index is 12.9. The van der Waals surface area contributed by atoms with E-state index in [0.29, 0.717) is 16.3 Å². The maximum Gasteiger partial charge on any atom is 0.416 e. The third-order valence-electron chi connectivity index (χ3n) is 4.62. The van der Waals surface area contributed by atoms with E-state index in [9.17, 15) is 22.8 Å². The van der Waals surface area contributed by atoms with Crippen LogP contribution in [-0.4, -0.2) is 21.8 Å². The van der Waals surface area contributed by atoms with Gasteiger partial charge in [0.15, 0.2) is 5.54 Å². The molecule has 1 aliphatic rings. The highest BCUT2D eigenvalue weighted by Crippen LogP contribution is 2.34. The number of hydrogen-bond donors (Lipinski definition) is 1. The van der Waals surface area contributed by atoms with Gasteiger partial charge in [0.05, 0.1) is 17.8 Å². The van der Waals surface area contributed by atoms with Gasteiger partial charge in [-0.15, -0.1) is 22.7 Å². The molecule has 29 heavy (non-hydrogen) atoms. The highest BCUT2D eigenvalue weighted by atomic mass is 32.1. The van der Waals surface area contributed by atoms with Crippen LogP contribution in [0.1, 0.15) is 23.1 Å². The lowest BCUT2D eigenvalue weighted by Crippen LogP contribution is -2.40. The minimum atomic E-state index is -4.40. The SMILES string of the molecule is CC1(c2cccs2)NC(=O)N(Cc2csc(-c3ccc(C(F)(F)F)cc3)n2)C1=O. The smallest absolute Gasteiger partial charge is 0.319 e. The zero-order valence-corrected chi connectivity index (χ0v) is 16.6. The first-order valence-electron chi connectivity index (χ1n) is 8.48. The maximum atomic E-state index is 12.9. The molecular weight excluding hydrogens is 423 g/mol. The Kier molecular flexibility index (Phi) is 4.70. The Balaban J connectivity index is 1.52. The van der Waals surface area contributed by atoms with Crippen molar-refractivity contribution in [3.63, 3.8) is 0 Å². The molecule has 3 amide bonds. The number of halogens is 3. The number of nitrogens with zero attached hydrogens (tertiary/aromatic N) is 2. The first-order chi connectivity index (χ1) is 13.7. The number of rotatable bonds is 4. The van der Waals surface area contributed by atoms with Gasteiger partial charge in [-0.25, -0.2) is 9.78 Å². The van der Waals surface area contributed by atoms with E-state index in [1.54, 1.807) is 18.4 Å². The van der Waals surface area contributed by atoms with Crippen molar-refractivity contribution in [2.24, 2.45) is 0 Å². The van der Waals surface area contributed by atoms with Gasteiger partial charge in [-0.2, -0.15) is 13.2 Å². The van der Waals surface area contributed by atoms with Gasteiger partial charge in [0.2, 0.25) is 0 Å². The molecule has 0 saturated carbocycles. The van der Waals surface area contributed by atoms with Gasteiger partial charge in [0.25, 0.3) is 5.91 Å². The molecule has 4 rings (SSSR count). The lowest BCUT2D eigenvalue weighted by atomic mass is 10.0. The number of benzene rings is 1. The molecule has 0 spiro atoms. The molecule has 1 N–H and O–H groups in total. The van der Waals surface area contributed by atoms with E-state index >= 15 is 0 Å². The monoisotopic (exact) mass is 437 g/mol. The average Bonchev–Trinajstić information content (AvgIpc) is 3.40. The molecule has 10 heteroatoms.